The predicted octanol–water partition coefficient (Wildman–Crippen LogP) is 1.23. The highest BCUT2D eigenvalue weighted by molar-refractivity contribution is 7.89. The van der Waals surface area contributed by atoms with Gasteiger partial charge in [-0.1, -0.05) is 0 Å². The molecule has 1 aromatic carbocycles. The van der Waals surface area contributed by atoms with Gasteiger partial charge in [0, 0.05) is 12.6 Å². The van der Waals surface area contributed by atoms with E-state index in [2.05, 4.69) is 0 Å². The maximum atomic E-state index is 12.4. The molecule has 0 spiro atoms. The fraction of sp³-hybridized carbons (Fsp3) is 0.538. The Kier molecular flexibility index (Phi) is 4.44. The van der Waals surface area contributed by atoms with Crippen LogP contribution in [0.15, 0.2) is 29.2 Å². The third-order valence-electron chi connectivity index (χ3n) is 3.28. The Morgan fingerprint density at radius 2 is 2.05 bits per heavy atom. The Morgan fingerprint density at radius 1 is 1.37 bits per heavy atom. The highest BCUT2D eigenvalue weighted by Gasteiger charge is 2.34. The van der Waals surface area contributed by atoms with Crippen molar-refractivity contribution in [2.75, 3.05) is 19.8 Å². The van der Waals surface area contributed by atoms with Crippen LogP contribution in [-0.2, 0) is 10.0 Å². The summed E-state index contributed by atoms with van der Waals surface area (Å²) in [6.07, 6.45) is 1.51. The molecule has 19 heavy (non-hydrogen) atoms. The van der Waals surface area contributed by atoms with Crippen LogP contribution < -0.4 is 4.74 Å². The van der Waals surface area contributed by atoms with Gasteiger partial charge in [-0.2, -0.15) is 4.31 Å². The molecule has 1 aliphatic rings. The SMILES string of the molecule is CCOc1ccc(S(=O)(=O)N2CCCC2CO)cc1. The zero-order valence-electron chi connectivity index (χ0n) is 10.9. The van der Waals surface area contributed by atoms with Gasteiger partial charge in [0.15, 0.2) is 0 Å². The summed E-state index contributed by atoms with van der Waals surface area (Å²) in [5, 5.41) is 9.23. The van der Waals surface area contributed by atoms with Crippen LogP contribution >= 0.6 is 0 Å². The molecule has 1 unspecified atom stereocenters. The predicted molar refractivity (Wildman–Crippen MR) is 71.6 cm³/mol. The van der Waals surface area contributed by atoms with Crippen molar-refractivity contribution in [3.63, 3.8) is 0 Å². The van der Waals surface area contributed by atoms with Crippen molar-refractivity contribution in [2.24, 2.45) is 0 Å². The van der Waals surface area contributed by atoms with Crippen LogP contribution in [0.2, 0.25) is 0 Å². The van der Waals surface area contributed by atoms with E-state index < -0.39 is 10.0 Å². The van der Waals surface area contributed by atoms with E-state index in [0.29, 0.717) is 25.3 Å². The molecule has 0 bridgehead atoms. The van der Waals surface area contributed by atoms with Crippen molar-refractivity contribution >= 4 is 10.0 Å². The molecular formula is C13H19NO4S. The maximum Gasteiger partial charge on any atom is 0.243 e. The molecule has 6 heteroatoms. The van der Waals surface area contributed by atoms with Crippen LogP contribution in [-0.4, -0.2) is 43.6 Å². The average molecular weight is 285 g/mol. The van der Waals surface area contributed by atoms with E-state index in [1.54, 1.807) is 24.3 Å². The molecule has 1 saturated heterocycles. The summed E-state index contributed by atoms with van der Waals surface area (Å²) in [7, 11) is -3.51. The fourth-order valence-electron chi connectivity index (χ4n) is 2.32. The van der Waals surface area contributed by atoms with Crippen molar-refractivity contribution < 1.29 is 18.3 Å². The lowest BCUT2D eigenvalue weighted by atomic mass is 10.2. The summed E-state index contributed by atoms with van der Waals surface area (Å²) in [6.45, 7) is 2.77. The maximum absolute atomic E-state index is 12.4. The van der Waals surface area contributed by atoms with Gasteiger partial charge >= 0.3 is 0 Å². The normalized spacial score (nSPS) is 20.6. The first-order chi connectivity index (χ1) is 9.09. The van der Waals surface area contributed by atoms with Gasteiger partial charge in [-0.15, -0.1) is 0 Å². The summed E-state index contributed by atoms with van der Waals surface area (Å²) < 4.78 is 31.6. The summed E-state index contributed by atoms with van der Waals surface area (Å²) in [6, 6.07) is 6.11. The minimum absolute atomic E-state index is 0.129. The lowest BCUT2D eigenvalue weighted by Gasteiger charge is -2.22. The van der Waals surface area contributed by atoms with Gasteiger partial charge < -0.3 is 9.84 Å². The molecule has 5 nitrogen and oxygen atoms in total. The quantitative estimate of drug-likeness (QED) is 0.883. The molecule has 1 heterocycles. The lowest BCUT2D eigenvalue weighted by molar-refractivity contribution is 0.213. The van der Waals surface area contributed by atoms with Gasteiger partial charge in [-0.3, -0.25) is 0 Å². The minimum atomic E-state index is -3.51. The van der Waals surface area contributed by atoms with Crippen molar-refractivity contribution in [2.45, 2.75) is 30.7 Å². The smallest absolute Gasteiger partial charge is 0.243 e. The molecule has 1 aliphatic heterocycles. The Balaban J connectivity index is 2.24. The number of hydrogen-bond donors (Lipinski definition) is 1. The van der Waals surface area contributed by atoms with Crippen LogP contribution in [0.3, 0.4) is 0 Å². The van der Waals surface area contributed by atoms with Crippen LogP contribution in [0.4, 0.5) is 0 Å². The molecular weight excluding hydrogens is 266 g/mol. The van der Waals surface area contributed by atoms with Crippen molar-refractivity contribution in [3.8, 4) is 5.75 Å². The largest absolute Gasteiger partial charge is 0.494 e. The Bertz CT molecular complexity index is 512. The average Bonchev–Trinajstić information content (AvgIpc) is 2.89. The standard InChI is InChI=1S/C13H19NO4S/c1-2-18-12-5-7-13(8-6-12)19(16,17)14-9-3-4-11(14)10-15/h5-8,11,15H,2-4,9-10H2,1H3. The molecule has 0 radical (unpaired) electrons. The van der Waals surface area contributed by atoms with Gasteiger partial charge in [0.05, 0.1) is 18.1 Å². The van der Waals surface area contributed by atoms with E-state index in [-0.39, 0.29) is 17.5 Å². The van der Waals surface area contributed by atoms with Gasteiger partial charge in [0.2, 0.25) is 10.0 Å². The van der Waals surface area contributed by atoms with E-state index in [4.69, 9.17) is 4.74 Å². The van der Waals surface area contributed by atoms with Gasteiger partial charge in [-0.25, -0.2) is 8.42 Å². The number of nitrogens with zero attached hydrogens (tertiary/aromatic N) is 1. The molecule has 2 rings (SSSR count). The van der Waals surface area contributed by atoms with Gasteiger partial charge in [-0.05, 0) is 44.0 Å². The molecule has 0 aromatic heterocycles. The number of aliphatic hydroxyl groups excluding tert-OH is 1. The molecule has 106 valence electrons. The van der Waals surface area contributed by atoms with Gasteiger partial charge in [0.25, 0.3) is 0 Å². The van der Waals surface area contributed by atoms with Gasteiger partial charge in [0.1, 0.15) is 5.75 Å². The van der Waals surface area contributed by atoms with Crippen LogP contribution in [0.25, 0.3) is 0 Å². The number of benzene rings is 1. The van der Waals surface area contributed by atoms with E-state index in [1.165, 1.54) is 4.31 Å². The first-order valence-electron chi connectivity index (χ1n) is 6.45. The number of sulfonamides is 1. The monoisotopic (exact) mass is 285 g/mol. The fourth-order valence-corrected chi connectivity index (χ4v) is 4.00. The van der Waals surface area contributed by atoms with Crippen molar-refractivity contribution in [1.82, 2.24) is 4.31 Å². The molecule has 0 aliphatic carbocycles. The van der Waals surface area contributed by atoms with E-state index in [0.717, 1.165) is 6.42 Å². The molecule has 0 saturated carbocycles. The third-order valence-corrected chi connectivity index (χ3v) is 5.24. The highest BCUT2D eigenvalue weighted by Crippen LogP contribution is 2.26. The van der Waals surface area contributed by atoms with Crippen LogP contribution in [0, 0.1) is 0 Å². The number of aliphatic hydroxyl groups is 1. The second-order valence-corrected chi connectivity index (χ2v) is 6.39. The molecule has 1 atom stereocenters. The zero-order chi connectivity index (χ0) is 13.9. The first-order valence-corrected chi connectivity index (χ1v) is 7.89. The number of ether oxygens (including phenoxy) is 1. The summed E-state index contributed by atoms with van der Waals surface area (Å²) in [5.41, 5.74) is 0. The summed E-state index contributed by atoms with van der Waals surface area (Å²) >= 11 is 0. The highest BCUT2D eigenvalue weighted by atomic mass is 32.2. The molecule has 1 fully saturated rings. The third kappa shape index (κ3) is 2.91. The lowest BCUT2D eigenvalue weighted by Crippen LogP contribution is -2.37. The second-order valence-electron chi connectivity index (χ2n) is 4.50. The second kappa shape index (κ2) is 5.90. The summed E-state index contributed by atoms with van der Waals surface area (Å²) in [5.74, 6) is 0.654. The van der Waals surface area contributed by atoms with Crippen LogP contribution in [0.1, 0.15) is 19.8 Å². The van der Waals surface area contributed by atoms with E-state index in [9.17, 15) is 13.5 Å². The van der Waals surface area contributed by atoms with Crippen molar-refractivity contribution in [1.29, 1.82) is 0 Å². The van der Waals surface area contributed by atoms with Crippen molar-refractivity contribution in [3.05, 3.63) is 24.3 Å². The Labute approximate surface area is 113 Å². The van der Waals surface area contributed by atoms with Crippen LogP contribution in [0.5, 0.6) is 5.75 Å². The number of rotatable bonds is 5. The topological polar surface area (TPSA) is 66.8 Å². The first kappa shape index (κ1) is 14.3. The van der Waals surface area contributed by atoms with E-state index >= 15 is 0 Å². The minimum Gasteiger partial charge on any atom is -0.494 e. The molecule has 1 N–H and O–H groups in total. The Morgan fingerprint density at radius 3 is 2.63 bits per heavy atom. The molecule has 0 amide bonds. The Hall–Kier alpha value is -1.11. The zero-order valence-corrected chi connectivity index (χ0v) is 11.8. The summed E-state index contributed by atoms with van der Waals surface area (Å²) in [4.78, 5) is 0.247. The molecule has 1 aromatic rings. The van der Waals surface area contributed by atoms with E-state index in [1.807, 2.05) is 6.92 Å². The number of hydrogen-bond acceptors (Lipinski definition) is 4.